The normalized spacial score (nSPS) is 12.1. The summed E-state index contributed by atoms with van der Waals surface area (Å²) in [6.45, 7) is 7.62. The number of methoxy groups -OCH3 is 1. The van der Waals surface area contributed by atoms with E-state index in [4.69, 9.17) is 16.3 Å². The fraction of sp³-hybridized carbons (Fsp3) is 0.333. The van der Waals surface area contributed by atoms with E-state index >= 15 is 0 Å². The van der Waals surface area contributed by atoms with E-state index < -0.39 is 28.5 Å². The molecule has 0 heterocycles. The molecule has 10 heteroatoms. The van der Waals surface area contributed by atoms with Crippen LogP contribution in [0.25, 0.3) is 0 Å². The maximum atomic E-state index is 13.9. The molecule has 1 atom stereocenters. The summed E-state index contributed by atoms with van der Waals surface area (Å²) in [7, 11) is -2.69. The van der Waals surface area contributed by atoms with Crippen molar-refractivity contribution in [1.82, 2.24) is 10.2 Å². The van der Waals surface area contributed by atoms with Gasteiger partial charge in [0, 0.05) is 18.1 Å². The van der Waals surface area contributed by atoms with Crippen molar-refractivity contribution in [2.24, 2.45) is 5.92 Å². The van der Waals surface area contributed by atoms with Crippen molar-refractivity contribution in [1.29, 1.82) is 0 Å². The smallest absolute Gasteiger partial charge is 0.264 e. The van der Waals surface area contributed by atoms with Crippen LogP contribution in [-0.4, -0.2) is 51.4 Å². The van der Waals surface area contributed by atoms with Crippen LogP contribution in [0.4, 0.5) is 5.69 Å². The Labute approximate surface area is 241 Å². The highest BCUT2D eigenvalue weighted by atomic mass is 35.5. The lowest BCUT2D eigenvalue weighted by molar-refractivity contribution is -0.139. The first-order valence-corrected chi connectivity index (χ1v) is 14.8. The van der Waals surface area contributed by atoms with Gasteiger partial charge in [-0.15, -0.1) is 0 Å². The minimum Gasteiger partial charge on any atom is -0.497 e. The van der Waals surface area contributed by atoms with Crippen molar-refractivity contribution in [3.05, 3.63) is 88.9 Å². The van der Waals surface area contributed by atoms with E-state index in [0.29, 0.717) is 17.3 Å². The molecule has 3 aromatic carbocycles. The molecule has 0 saturated carbocycles. The molecule has 0 aliphatic rings. The van der Waals surface area contributed by atoms with Gasteiger partial charge in [-0.05, 0) is 73.9 Å². The summed E-state index contributed by atoms with van der Waals surface area (Å²) in [6.07, 6.45) is 0. The zero-order chi connectivity index (χ0) is 29.4. The van der Waals surface area contributed by atoms with Gasteiger partial charge >= 0.3 is 0 Å². The van der Waals surface area contributed by atoms with Crippen molar-refractivity contribution in [3.8, 4) is 5.75 Å². The maximum absolute atomic E-state index is 13.9. The second kappa shape index (κ2) is 13.7. The van der Waals surface area contributed by atoms with Crippen LogP contribution in [0.15, 0.2) is 77.7 Å². The second-order valence-electron chi connectivity index (χ2n) is 9.99. The van der Waals surface area contributed by atoms with E-state index in [9.17, 15) is 18.0 Å². The Morgan fingerprint density at radius 2 is 1.62 bits per heavy atom. The molecule has 0 spiro atoms. The molecule has 0 saturated heterocycles. The number of sulfonamides is 1. The number of nitrogens with zero attached hydrogens (tertiary/aromatic N) is 2. The largest absolute Gasteiger partial charge is 0.497 e. The summed E-state index contributed by atoms with van der Waals surface area (Å²) in [6, 6.07) is 18.9. The molecule has 0 bridgehead atoms. The zero-order valence-electron chi connectivity index (χ0n) is 23.4. The van der Waals surface area contributed by atoms with Gasteiger partial charge in [0.15, 0.2) is 0 Å². The second-order valence-corrected chi connectivity index (χ2v) is 12.3. The molecule has 0 fully saturated rings. The maximum Gasteiger partial charge on any atom is 0.264 e. The average Bonchev–Trinajstić information content (AvgIpc) is 2.93. The molecule has 0 aliphatic heterocycles. The molecule has 214 valence electrons. The zero-order valence-corrected chi connectivity index (χ0v) is 25.0. The van der Waals surface area contributed by atoms with Gasteiger partial charge in [0.1, 0.15) is 18.3 Å². The van der Waals surface area contributed by atoms with Gasteiger partial charge in [0.05, 0.1) is 17.7 Å². The van der Waals surface area contributed by atoms with Gasteiger partial charge < -0.3 is 15.0 Å². The Morgan fingerprint density at radius 3 is 2.20 bits per heavy atom. The van der Waals surface area contributed by atoms with Crippen LogP contribution in [-0.2, 0) is 26.2 Å². The number of nitrogens with one attached hydrogen (secondary N) is 1. The standard InChI is InChI=1S/C30H36ClN3O5S/c1-21(2)18-32-30(36)23(4)33(19-24-8-6-7-22(3)17-24)29(35)20-34(26-11-9-25(31)10-12-26)40(37,38)28-15-13-27(39-5)14-16-28/h6-17,21,23H,18-20H2,1-5H3,(H,32,36)/t23-/m1/s1. The first kappa shape index (κ1) is 31.0. The lowest BCUT2D eigenvalue weighted by atomic mass is 10.1. The van der Waals surface area contributed by atoms with Crippen LogP contribution in [0.1, 0.15) is 31.9 Å². The number of amides is 2. The highest BCUT2D eigenvalue weighted by Crippen LogP contribution is 2.27. The quantitative estimate of drug-likeness (QED) is 0.321. The fourth-order valence-electron chi connectivity index (χ4n) is 4.05. The van der Waals surface area contributed by atoms with E-state index in [-0.39, 0.29) is 29.0 Å². The third-order valence-electron chi connectivity index (χ3n) is 6.33. The summed E-state index contributed by atoms with van der Waals surface area (Å²) >= 11 is 6.07. The number of carbonyl (C=O) groups excluding carboxylic acids is 2. The minimum absolute atomic E-state index is 0.0102. The Bertz CT molecular complexity index is 1410. The molecule has 0 aromatic heterocycles. The van der Waals surface area contributed by atoms with Gasteiger partial charge in [0.25, 0.3) is 10.0 Å². The van der Waals surface area contributed by atoms with Crippen molar-refractivity contribution >= 4 is 39.1 Å². The van der Waals surface area contributed by atoms with Crippen LogP contribution in [0.5, 0.6) is 5.75 Å². The topological polar surface area (TPSA) is 96.0 Å². The predicted octanol–water partition coefficient (Wildman–Crippen LogP) is 5.04. The number of carbonyl (C=O) groups is 2. The fourth-order valence-corrected chi connectivity index (χ4v) is 5.59. The summed E-state index contributed by atoms with van der Waals surface area (Å²) in [4.78, 5) is 28.4. The predicted molar refractivity (Wildman–Crippen MR) is 158 cm³/mol. The summed E-state index contributed by atoms with van der Waals surface area (Å²) in [5, 5.41) is 3.31. The third-order valence-corrected chi connectivity index (χ3v) is 8.37. The molecule has 2 amide bonds. The number of hydrogen-bond acceptors (Lipinski definition) is 5. The van der Waals surface area contributed by atoms with E-state index in [2.05, 4.69) is 5.32 Å². The van der Waals surface area contributed by atoms with E-state index in [0.717, 1.165) is 15.4 Å². The van der Waals surface area contributed by atoms with Gasteiger partial charge in [-0.3, -0.25) is 13.9 Å². The van der Waals surface area contributed by atoms with E-state index in [1.54, 1.807) is 43.3 Å². The van der Waals surface area contributed by atoms with Crippen molar-refractivity contribution < 1.29 is 22.7 Å². The lowest BCUT2D eigenvalue weighted by Crippen LogP contribution is -2.51. The number of hydrogen-bond donors (Lipinski definition) is 1. The lowest BCUT2D eigenvalue weighted by Gasteiger charge is -2.32. The highest BCUT2D eigenvalue weighted by Gasteiger charge is 2.32. The van der Waals surface area contributed by atoms with Crippen LogP contribution in [0, 0.1) is 12.8 Å². The SMILES string of the molecule is COc1ccc(S(=O)(=O)N(CC(=O)N(Cc2cccc(C)c2)[C@H](C)C(=O)NCC(C)C)c2ccc(Cl)cc2)cc1. The molecule has 3 aromatic rings. The number of aryl methyl sites for hydroxylation is 1. The molecule has 1 N–H and O–H groups in total. The van der Waals surface area contributed by atoms with Crippen LogP contribution < -0.4 is 14.4 Å². The van der Waals surface area contributed by atoms with E-state index in [1.165, 1.54) is 24.1 Å². The Morgan fingerprint density at radius 1 is 0.975 bits per heavy atom. The van der Waals surface area contributed by atoms with Crippen molar-refractivity contribution in [2.75, 3.05) is 24.5 Å². The van der Waals surface area contributed by atoms with Crippen LogP contribution in [0.3, 0.4) is 0 Å². The number of rotatable bonds is 12. The number of benzene rings is 3. The number of anilines is 1. The van der Waals surface area contributed by atoms with Crippen LogP contribution in [0.2, 0.25) is 5.02 Å². The van der Waals surface area contributed by atoms with Gasteiger partial charge in [-0.1, -0.05) is 55.3 Å². The van der Waals surface area contributed by atoms with Gasteiger partial charge in [-0.2, -0.15) is 0 Å². The summed E-state index contributed by atoms with van der Waals surface area (Å²) in [5.74, 6) is -0.114. The van der Waals surface area contributed by atoms with Crippen molar-refractivity contribution in [3.63, 3.8) is 0 Å². The molecule has 3 rings (SSSR count). The number of ether oxygens (including phenoxy) is 1. The van der Waals surface area contributed by atoms with Crippen molar-refractivity contribution in [2.45, 2.75) is 45.2 Å². The third kappa shape index (κ3) is 7.99. The Kier molecular flexibility index (Phi) is 10.6. The molecule has 0 unspecified atom stereocenters. The molecular formula is C30H36ClN3O5S. The van der Waals surface area contributed by atoms with Gasteiger partial charge in [-0.25, -0.2) is 8.42 Å². The van der Waals surface area contributed by atoms with E-state index in [1.807, 2.05) is 45.0 Å². The van der Waals surface area contributed by atoms with Crippen LogP contribution >= 0.6 is 11.6 Å². The first-order valence-electron chi connectivity index (χ1n) is 13.0. The minimum atomic E-state index is -4.18. The molecular weight excluding hydrogens is 550 g/mol. The molecule has 0 radical (unpaired) electrons. The highest BCUT2D eigenvalue weighted by molar-refractivity contribution is 7.92. The Balaban J connectivity index is 2.01. The molecule has 8 nitrogen and oxygen atoms in total. The molecule has 0 aliphatic carbocycles. The summed E-state index contributed by atoms with van der Waals surface area (Å²) in [5.41, 5.74) is 2.10. The first-order chi connectivity index (χ1) is 18.9. The molecule has 40 heavy (non-hydrogen) atoms. The van der Waals surface area contributed by atoms with Gasteiger partial charge in [0.2, 0.25) is 11.8 Å². The number of halogens is 1. The average molecular weight is 586 g/mol. The summed E-state index contributed by atoms with van der Waals surface area (Å²) < 4.78 is 33.9. The Hall–Kier alpha value is -3.56. The monoisotopic (exact) mass is 585 g/mol.